The number of carbonyl (C=O) groups is 1. The molecule has 0 atom stereocenters. The van der Waals surface area contributed by atoms with Crippen molar-refractivity contribution < 1.29 is 50.6 Å². The van der Waals surface area contributed by atoms with E-state index in [0.717, 1.165) is 0 Å². The van der Waals surface area contributed by atoms with Crippen LogP contribution in [0.4, 0.5) is 0 Å². The van der Waals surface area contributed by atoms with E-state index in [1.165, 1.54) is 19.2 Å². The van der Waals surface area contributed by atoms with Gasteiger partial charge in [0, 0.05) is 0 Å². The minimum Gasteiger partial charge on any atom is -0.469 e. The van der Waals surface area contributed by atoms with Crippen LogP contribution in [0.15, 0.2) is 35.2 Å². The largest absolute Gasteiger partial charge is 0.469 e. The quantitative estimate of drug-likeness (QED) is 0.120. The molecule has 196 valence electrons. The van der Waals surface area contributed by atoms with Gasteiger partial charge in [-0.1, -0.05) is 18.2 Å². The summed E-state index contributed by atoms with van der Waals surface area (Å²) in [6.45, 7) is 4.60. The average molecular weight is 509 g/mol. The van der Waals surface area contributed by atoms with Gasteiger partial charge in [-0.05, 0) is 12.1 Å². The highest BCUT2D eigenvalue weighted by molar-refractivity contribution is 7.86. The predicted molar refractivity (Wildman–Crippen MR) is 121 cm³/mol. The molecule has 1 aromatic carbocycles. The van der Waals surface area contributed by atoms with Crippen LogP contribution in [0.1, 0.15) is 6.42 Å². The van der Waals surface area contributed by atoms with Crippen molar-refractivity contribution in [1.29, 1.82) is 0 Å². The Morgan fingerprint density at radius 2 is 1.00 bits per heavy atom. The lowest BCUT2D eigenvalue weighted by atomic mass is 10.4. The van der Waals surface area contributed by atoms with Gasteiger partial charge in [-0.3, -0.25) is 8.98 Å². The molecule has 1 rings (SSSR count). The SMILES string of the molecule is COC(=O)CCOCCOCCOCCOCCOCCOCCOS(=O)(=O)c1ccccc1. The second-order valence-electron chi connectivity index (χ2n) is 6.59. The van der Waals surface area contributed by atoms with Crippen molar-refractivity contribution in [3.8, 4) is 0 Å². The Labute approximate surface area is 201 Å². The molecule has 0 N–H and O–H groups in total. The van der Waals surface area contributed by atoms with Crippen molar-refractivity contribution in [3.63, 3.8) is 0 Å². The van der Waals surface area contributed by atoms with Gasteiger partial charge in [-0.25, -0.2) is 0 Å². The van der Waals surface area contributed by atoms with Crippen molar-refractivity contribution in [3.05, 3.63) is 30.3 Å². The molecule has 1 aromatic rings. The Bertz CT molecular complexity index is 713. The maximum Gasteiger partial charge on any atom is 0.307 e. The van der Waals surface area contributed by atoms with Crippen LogP contribution in [-0.4, -0.2) is 107 Å². The van der Waals surface area contributed by atoms with Crippen LogP contribution in [0.3, 0.4) is 0 Å². The summed E-state index contributed by atoms with van der Waals surface area (Å²) >= 11 is 0. The molecule has 0 saturated carbocycles. The first-order chi connectivity index (χ1) is 16.6. The molecule has 0 aromatic heterocycles. The van der Waals surface area contributed by atoms with Gasteiger partial charge in [0.05, 0.1) is 104 Å². The Hall–Kier alpha value is -1.64. The fourth-order valence-electron chi connectivity index (χ4n) is 2.32. The van der Waals surface area contributed by atoms with Crippen LogP contribution in [0.2, 0.25) is 0 Å². The Kier molecular flexibility index (Phi) is 18.5. The molecule has 0 aliphatic heterocycles. The van der Waals surface area contributed by atoms with Gasteiger partial charge in [0.2, 0.25) is 0 Å². The number of ether oxygens (including phenoxy) is 7. The summed E-state index contributed by atoms with van der Waals surface area (Å²) in [5, 5.41) is 0. The summed E-state index contributed by atoms with van der Waals surface area (Å²) in [6, 6.07) is 7.95. The third kappa shape index (κ3) is 16.9. The van der Waals surface area contributed by atoms with Crippen LogP contribution in [-0.2, 0) is 52.3 Å². The minimum atomic E-state index is -3.75. The molecule has 0 aliphatic carbocycles. The fraction of sp³-hybridized carbons (Fsp3) is 0.682. The number of carbonyl (C=O) groups excluding carboxylic acids is 1. The molecule has 0 spiro atoms. The van der Waals surface area contributed by atoms with Crippen molar-refractivity contribution in [2.24, 2.45) is 0 Å². The van der Waals surface area contributed by atoms with Crippen molar-refractivity contribution in [1.82, 2.24) is 0 Å². The van der Waals surface area contributed by atoms with Crippen LogP contribution in [0.5, 0.6) is 0 Å². The molecule has 11 nitrogen and oxygen atoms in total. The number of benzene rings is 1. The molecule has 0 unspecified atom stereocenters. The van der Waals surface area contributed by atoms with Gasteiger partial charge in [0.25, 0.3) is 10.1 Å². The second-order valence-corrected chi connectivity index (χ2v) is 8.20. The summed E-state index contributed by atoms with van der Waals surface area (Å²) in [4.78, 5) is 11.0. The highest BCUT2D eigenvalue weighted by Gasteiger charge is 2.13. The zero-order valence-electron chi connectivity index (χ0n) is 19.7. The van der Waals surface area contributed by atoms with Crippen LogP contribution >= 0.6 is 0 Å². The van der Waals surface area contributed by atoms with Crippen molar-refractivity contribution in [2.75, 3.05) is 93.0 Å². The Morgan fingerprint density at radius 1 is 0.618 bits per heavy atom. The first kappa shape index (κ1) is 30.4. The number of methoxy groups -OCH3 is 1. The van der Waals surface area contributed by atoms with E-state index in [4.69, 9.17) is 32.6 Å². The predicted octanol–water partition coefficient (Wildman–Crippen LogP) is 1.05. The lowest BCUT2D eigenvalue weighted by Gasteiger charge is -2.08. The van der Waals surface area contributed by atoms with Gasteiger partial charge < -0.3 is 33.2 Å². The summed E-state index contributed by atoms with van der Waals surface area (Å²) < 4.78 is 65.2. The Balaban J connectivity index is 1.75. The molecule has 0 saturated heterocycles. The van der Waals surface area contributed by atoms with E-state index in [0.29, 0.717) is 72.7 Å². The lowest BCUT2D eigenvalue weighted by Crippen LogP contribution is -2.15. The van der Waals surface area contributed by atoms with E-state index in [9.17, 15) is 13.2 Å². The van der Waals surface area contributed by atoms with Crippen LogP contribution < -0.4 is 0 Å². The van der Waals surface area contributed by atoms with Gasteiger partial charge in [-0.15, -0.1) is 0 Å². The summed E-state index contributed by atoms with van der Waals surface area (Å²) in [7, 11) is -2.41. The first-order valence-electron chi connectivity index (χ1n) is 11.0. The number of hydrogen-bond donors (Lipinski definition) is 0. The van der Waals surface area contributed by atoms with Crippen LogP contribution in [0.25, 0.3) is 0 Å². The molecule has 0 bridgehead atoms. The zero-order chi connectivity index (χ0) is 24.7. The van der Waals surface area contributed by atoms with Crippen molar-refractivity contribution in [2.45, 2.75) is 11.3 Å². The smallest absolute Gasteiger partial charge is 0.307 e. The van der Waals surface area contributed by atoms with E-state index in [2.05, 4.69) is 4.74 Å². The Morgan fingerprint density at radius 3 is 1.41 bits per heavy atom. The lowest BCUT2D eigenvalue weighted by molar-refractivity contribution is -0.141. The van der Waals surface area contributed by atoms with Gasteiger partial charge >= 0.3 is 5.97 Å². The molecular formula is C22H36O11S. The normalized spacial score (nSPS) is 11.6. The van der Waals surface area contributed by atoms with E-state index < -0.39 is 10.1 Å². The molecule has 12 heteroatoms. The van der Waals surface area contributed by atoms with E-state index in [1.807, 2.05) is 0 Å². The standard InChI is InChI=1S/C22H36O11S/c1-26-22(23)7-8-27-9-10-28-11-12-29-13-14-30-15-16-31-17-18-32-19-20-33-34(24,25)21-5-3-2-4-6-21/h2-6H,7-20H2,1H3. The molecular weight excluding hydrogens is 472 g/mol. The average Bonchev–Trinajstić information content (AvgIpc) is 2.85. The molecule has 0 aliphatic rings. The maximum atomic E-state index is 11.9. The number of hydrogen-bond acceptors (Lipinski definition) is 11. The van der Waals surface area contributed by atoms with E-state index in [1.54, 1.807) is 18.2 Å². The molecule has 0 radical (unpaired) electrons. The monoisotopic (exact) mass is 508 g/mol. The van der Waals surface area contributed by atoms with Gasteiger partial charge in [-0.2, -0.15) is 8.42 Å². The fourth-order valence-corrected chi connectivity index (χ4v) is 3.23. The zero-order valence-corrected chi connectivity index (χ0v) is 20.5. The van der Waals surface area contributed by atoms with E-state index in [-0.39, 0.29) is 30.5 Å². The summed E-state index contributed by atoms with van der Waals surface area (Å²) in [5.74, 6) is -0.297. The summed E-state index contributed by atoms with van der Waals surface area (Å²) in [5.41, 5.74) is 0. The van der Waals surface area contributed by atoms with Crippen molar-refractivity contribution >= 4 is 16.1 Å². The molecule has 34 heavy (non-hydrogen) atoms. The highest BCUT2D eigenvalue weighted by Crippen LogP contribution is 2.10. The van der Waals surface area contributed by atoms with E-state index >= 15 is 0 Å². The highest BCUT2D eigenvalue weighted by atomic mass is 32.2. The number of rotatable bonds is 23. The molecule has 0 fully saturated rings. The molecule has 0 heterocycles. The minimum absolute atomic E-state index is 0.0593. The first-order valence-corrected chi connectivity index (χ1v) is 12.4. The number of esters is 1. The second kappa shape index (κ2) is 20.7. The molecule has 0 amide bonds. The topological polar surface area (TPSA) is 125 Å². The third-order valence-corrected chi connectivity index (χ3v) is 5.36. The van der Waals surface area contributed by atoms with Crippen LogP contribution in [0, 0.1) is 0 Å². The third-order valence-electron chi connectivity index (χ3n) is 4.04. The van der Waals surface area contributed by atoms with Gasteiger partial charge in [0.1, 0.15) is 0 Å². The van der Waals surface area contributed by atoms with Gasteiger partial charge in [0.15, 0.2) is 0 Å². The summed E-state index contributed by atoms with van der Waals surface area (Å²) in [6.07, 6.45) is 0.234. The maximum absolute atomic E-state index is 11.9.